The molecule has 2 aromatic rings. The summed E-state index contributed by atoms with van der Waals surface area (Å²) in [6.45, 7) is 1.93. The van der Waals surface area contributed by atoms with Gasteiger partial charge in [0, 0.05) is 31.3 Å². The van der Waals surface area contributed by atoms with Crippen molar-refractivity contribution >= 4 is 35.0 Å². The maximum absolute atomic E-state index is 13.5. The Kier molecular flexibility index (Phi) is 5.76. The van der Waals surface area contributed by atoms with Gasteiger partial charge in [0.15, 0.2) is 11.5 Å². The van der Waals surface area contributed by atoms with E-state index in [9.17, 15) is 15.0 Å². The minimum Gasteiger partial charge on any atom is -0.504 e. The lowest BCUT2D eigenvalue weighted by atomic mass is 9.48. The number of amides is 1. The van der Waals surface area contributed by atoms with Crippen LogP contribution in [0, 0.1) is 5.92 Å². The van der Waals surface area contributed by atoms with Crippen LogP contribution in [0.4, 0.5) is 5.69 Å². The number of isothiocyanates is 1. The SMILES string of the molecule is CN(C(=O)C=Cc1cccc(N=C=S)c1)[C@@H]1CC[C@@]2(O)[C@H]3Cc4ccc(O)c5c4[C@@]2(CCN3CC2CC2)[C@H]1O5. The number of likely N-dealkylation sites (N-methyl/N-ethyl adjacent to an activating group) is 1. The number of phenolic OH excluding ortho intramolecular Hbond substituents is 1. The van der Waals surface area contributed by atoms with Gasteiger partial charge in [0.1, 0.15) is 6.10 Å². The van der Waals surface area contributed by atoms with Crippen LogP contribution in [0.3, 0.4) is 0 Å². The van der Waals surface area contributed by atoms with E-state index in [4.69, 9.17) is 17.0 Å². The van der Waals surface area contributed by atoms with Crippen molar-refractivity contribution in [1.29, 1.82) is 0 Å². The summed E-state index contributed by atoms with van der Waals surface area (Å²) < 4.78 is 6.62. The van der Waals surface area contributed by atoms with E-state index in [2.05, 4.69) is 15.1 Å². The number of phenols is 1. The first kappa shape index (κ1) is 25.0. The molecule has 2 aromatic carbocycles. The van der Waals surface area contributed by atoms with E-state index in [1.165, 1.54) is 12.8 Å². The summed E-state index contributed by atoms with van der Waals surface area (Å²) in [5, 5.41) is 25.8. The van der Waals surface area contributed by atoms with Crippen molar-refractivity contribution in [2.45, 2.75) is 67.7 Å². The third-order valence-electron chi connectivity index (χ3n) is 10.0. The van der Waals surface area contributed by atoms with Gasteiger partial charge in [-0.25, -0.2) is 0 Å². The minimum absolute atomic E-state index is 0.0186. The molecule has 1 amide bonds. The molecule has 7 rings (SSSR count). The first-order chi connectivity index (χ1) is 18.9. The van der Waals surface area contributed by atoms with E-state index in [-0.39, 0.29) is 23.7 Å². The summed E-state index contributed by atoms with van der Waals surface area (Å²) in [4.78, 5) is 21.8. The number of aliphatic imine (C=N–C) groups is 1. The highest BCUT2D eigenvalue weighted by atomic mass is 32.1. The van der Waals surface area contributed by atoms with E-state index >= 15 is 0 Å². The predicted molar refractivity (Wildman–Crippen MR) is 152 cm³/mol. The molecule has 0 aromatic heterocycles. The lowest BCUT2D eigenvalue weighted by Crippen LogP contribution is -2.78. The van der Waals surface area contributed by atoms with Crippen molar-refractivity contribution in [3.8, 4) is 11.5 Å². The summed E-state index contributed by atoms with van der Waals surface area (Å²) in [6, 6.07) is 11.0. The Bertz CT molecular complexity index is 1430. The van der Waals surface area contributed by atoms with Crippen molar-refractivity contribution < 1.29 is 19.7 Å². The quantitative estimate of drug-likeness (QED) is 0.322. The topological polar surface area (TPSA) is 85.6 Å². The number of hydrogen-bond acceptors (Lipinski definition) is 7. The molecule has 5 atom stereocenters. The molecule has 5 aliphatic rings. The molecule has 1 spiro atoms. The smallest absolute Gasteiger partial charge is 0.246 e. The van der Waals surface area contributed by atoms with Gasteiger partial charge >= 0.3 is 0 Å². The first-order valence-electron chi connectivity index (χ1n) is 14.0. The van der Waals surface area contributed by atoms with E-state index in [0.717, 1.165) is 48.5 Å². The van der Waals surface area contributed by atoms with Crippen LogP contribution >= 0.6 is 12.2 Å². The summed E-state index contributed by atoms with van der Waals surface area (Å²) in [5.74, 6) is 1.23. The average molecular weight is 544 g/mol. The number of nitrogens with zero attached hydrogens (tertiary/aromatic N) is 3. The Balaban J connectivity index is 1.22. The lowest BCUT2D eigenvalue weighted by Gasteiger charge is -2.64. The number of carbonyl (C=O) groups excluding carboxylic acids is 1. The van der Waals surface area contributed by atoms with Crippen LogP contribution < -0.4 is 4.74 Å². The Morgan fingerprint density at radius 3 is 2.92 bits per heavy atom. The Hall–Kier alpha value is -3.03. The fourth-order valence-corrected chi connectivity index (χ4v) is 8.16. The number of rotatable bonds is 6. The van der Waals surface area contributed by atoms with E-state index in [1.54, 1.807) is 23.1 Å². The summed E-state index contributed by atoms with van der Waals surface area (Å²) >= 11 is 4.70. The molecule has 8 heteroatoms. The Labute approximate surface area is 233 Å². The number of ether oxygens (including phenoxy) is 1. The fourth-order valence-electron chi connectivity index (χ4n) is 8.05. The number of carbonyl (C=O) groups is 1. The Morgan fingerprint density at radius 1 is 1.28 bits per heavy atom. The minimum atomic E-state index is -0.963. The zero-order valence-corrected chi connectivity index (χ0v) is 22.9. The monoisotopic (exact) mass is 543 g/mol. The van der Waals surface area contributed by atoms with Crippen LogP contribution in [0.2, 0.25) is 0 Å². The highest BCUT2D eigenvalue weighted by molar-refractivity contribution is 7.78. The molecule has 2 bridgehead atoms. The standard InChI is InChI=1S/C31H33N3O4S/c1-33(26(36)10-7-19-3-2-4-22(15-19)32-18-39)23-11-12-31(37)25-16-21-8-9-24(35)28-27(21)30(31,29(23)38-28)13-14-34(25)17-20-5-6-20/h2-4,7-10,15,20,23,25,29,35,37H,5-6,11-14,16-17H2,1H3/t23-,25-,29+,30+,31-/m1/s1. The summed E-state index contributed by atoms with van der Waals surface area (Å²) in [6.07, 6.45) is 8.23. The molecule has 0 unspecified atom stereocenters. The van der Waals surface area contributed by atoms with Gasteiger partial charge in [-0.15, -0.1) is 0 Å². The number of likely N-dealkylation sites (tertiary alicyclic amines) is 1. The molecule has 3 aliphatic carbocycles. The second-order valence-electron chi connectivity index (χ2n) is 12.0. The van der Waals surface area contributed by atoms with Crippen molar-refractivity contribution in [2.75, 3.05) is 20.1 Å². The van der Waals surface area contributed by atoms with E-state index < -0.39 is 17.1 Å². The normalized spacial score (nSPS) is 32.3. The van der Waals surface area contributed by atoms with Crippen molar-refractivity contribution in [2.24, 2.45) is 10.9 Å². The van der Waals surface area contributed by atoms with Gasteiger partial charge in [0.05, 0.1) is 27.9 Å². The third kappa shape index (κ3) is 3.66. The van der Waals surface area contributed by atoms with Crippen LogP contribution in [0.15, 0.2) is 47.5 Å². The van der Waals surface area contributed by atoms with Gasteiger partial charge in [0.25, 0.3) is 0 Å². The largest absolute Gasteiger partial charge is 0.504 e. The third-order valence-corrected chi connectivity index (χ3v) is 10.1. The summed E-state index contributed by atoms with van der Waals surface area (Å²) in [7, 11) is 1.82. The molecule has 0 radical (unpaired) electrons. The fraction of sp³-hybridized carbons (Fsp3) is 0.484. The summed E-state index contributed by atoms with van der Waals surface area (Å²) in [5.41, 5.74) is 2.06. The molecule has 2 N–H and O–H groups in total. The molecule has 2 aliphatic heterocycles. The molecule has 1 saturated heterocycles. The number of benzene rings is 2. The Morgan fingerprint density at radius 2 is 2.13 bits per heavy atom. The van der Waals surface area contributed by atoms with Gasteiger partial charge in [-0.3, -0.25) is 9.69 Å². The maximum atomic E-state index is 13.5. The van der Waals surface area contributed by atoms with Gasteiger partial charge < -0.3 is 19.8 Å². The van der Waals surface area contributed by atoms with Crippen LogP contribution in [0.5, 0.6) is 11.5 Å². The van der Waals surface area contributed by atoms with Gasteiger partial charge in [-0.2, -0.15) is 4.99 Å². The van der Waals surface area contributed by atoms with Crippen LogP contribution in [0.25, 0.3) is 6.08 Å². The van der Waals surface area contributed by atoms with Crippen molar-refractivity contribution in [1.82, 2.24) is 9.80 Å². The average Bonchev–Trinajstić information content (AvgIpc) is 3.67. The van der Waals surface area contributed by atoms with Crippen LogP contribution in [0.1, 0.15) is 48.8 Å². The predicted octanol–water partition coefficient (Wildman–Crippen LogP) is 4.23. The molecule has 2 saturated carbocycles. The zero-order chi connectivity index (χ0) is 26.9. The zero-order valence-electron chi connectivity index (χ0n) is 22.0. The molecule has 202 valence electrons. The molecule has 7 nitrogen and oxygen atoms in total. The molecule has 39 heavy (non-hydrogen) atoms. The van der Waals surface area contributed by atoms with Crippen molar-refractivity contribution in [3.05, 3.63) is 59.2 Å². The highest BCUT2D eigenvalue weighted by Crippen LogP contribution is 2.66. The number of piperidine rings is 1. The molecular formula is C31H33N3O4S. The first-order valence-corrected chi connectivity index (χ1v) is 14.4. The molecule has 3 fully saturated rings. The number of hydrogen-bond donors (Lipinski definition) is 2. The van der Waals surface area contributed by atoms with E-state index in [0.29, 0.717) is 24.3 Å². The van der Waals surface area contributed by atoms with Crippen LogP contribution in [-0.2, 0) is 16.6 Å². The number of aromatic hydroxyl groups is 1. The number of aliphatic hydroxyl groups is 1. The molecule has 2 heterocycles. The number of thiocarbonyl (C=S) groups is 1. The lowest BCUT2D eigenvalue weighted by molar-refractivity contribution is -0.200. The van der Waals surface area contributed by atoms with E-state index in [1.807, 2.05) is 37.4 Å². The second kappa shape index (κ2) is 9.00. The van der Waals surface area contributed by atoms with Crippen LogP contribution in [-0.4, -0.2) is 75.0 Å². The maximum Gasteiger partial charge on any atom is 0.246 e. The van der Waals surface area contributed by atoms with Gasteiger partial charge in [-0.05, 0) is 98.6 Å². The second-order valence-corrected chi connectivity index (χ2v) is 12.2. The van der Waals surface area contributed by atoms with Gasteiger partial charge in [0.2, 0.25) is 5.91 Å². The van der Waals surface area contributed by atoms with Crippen molar-refractivity contribution in [3.63, 3.8) is 0 Å². The molecular weight excluding hydrogens is 510 g/mol. The van der Waals surface area contributed by atoms with Gasteiger partial charge in [-0.1, -0.05) is 18.2 Å². The highest BCUT2D eigenvalue weighted by Gasteiger charge is 2.73.